The monoisotopic (exact) mass is 562 g/mol. The molecule has 0 aliphatic carbocycles. The number of rotatable bonds is 13. The molecule has 5 aromatic rings. The summed E-state index contributed by atoms with van der Waals surface area (Å²) in [7, 11) is 0. The van der Waals surface area contributed by atoms with Crippen molar-refractivity contribution in [1.29, 1.82) is 0 Å². The molecule has 0 bridgehead atoms. The van der Waals surface area contributed by atoms with Crippen LogP contribution < -0.4 is 9.47 Å². The van der Waals surface area contributed by atoms with E-state index in [1.165, 1.54) is 0 Å². The molecule has 0 radical (unpaired) electrons. The average molecular weight is 563 g/mol. The molecule has 1 N–H and O–H groups in total. The van der Waals surface area contributed by atoms with E-state index in [1.54, 1.807) is 0 Å². The lowest BCUT2D eigenvalue weighted by Crippen LogP contribution is -2.29. The maximum atomic E-state index is 11.7. The lowest BCUT2D eigenvalue weighted by Gasteiger charge is -2.21. The fraction of sp³-hybridized carbons (Fsp3) is 0.200. The number of ether oxygens (including phenoxy) is 2. The average Bonchev–Trinajstić information content (AvgIpc) is 3.35. The minimum absolute atomic E-state index is 0.0939. The van der Waals surface area contributed by atoms with Crippen molar-refractivity contribution in [2.75, 3.05) is 13.2 Å². The van der Waals surface area contributed by atoms with Crippen molar-refractivity contribution in [1.82, 2.24) is 9.88 Å². The zero-order valence-electron chi connectivity index (χ0n) is 23.8. The normalized spacial score (nSPS) is 11.0. The molecule has 0 saturated heterocycles. The zero-order valence-corrected chi connectivity index (χ0v) is 23.8. The van der Waals surface area contributed by atoms with Gasteiger partial charge in [0.05, 0.1) is 18.8 Å². The number of carboxylic acids is 1. The number of nitrogens with zero attached hydrogens (tertiary/aromatic N) is 2. The van der Waals surface area contributed by atoms with Gasteiger partial charge < -0.3 is 19.0 Å². The summed E-state index contributed by atoms with van der Waals surface area (Å²) < 4.78 is 17.9. The van der Waals surface area contributed by atoms with Gasteiger partial charge in [0.1, 0.15) is 23.0 Å². The van der Waals surface area contributed by atoms with Gasteiger partial charge >= 0.3 is 5.97 Å². The lowest BCUT2D eigenvalue weighted by atomic mass is 10.1. The number of oxazole rings is 1. The number of carbonyl (C=O) groups is 1. The third-order valence-corrected chi connectivity index (χ3v) is 6.75. The maximum absolute atomic E-state index is 11.7. The molecule has 0 aliphatic rings. The van der Waals surface area contributed by atoms with E-state index < -0.39 is 5.97 Å². The van der Waals surface area contributed by atoms with Crippen LogP contribution in [0.4, 0.5) is 0 Å². The fourth-order valence-electron chi connectivity index (χ4n) is 4.69. The first-order chi connectivity index (χ1) is 20.4. The quantitative estimate of drug-likeness (QED) is 0.159. The van der Waals surface area contributed by atoms with Gasteiger partial charge in [0.25, 0.3) is 0 Å². The molecule has 0 amide bonds. The van der Waals surface area contributed by atoms with Gasteiger partial charge in [0.15, 0.2) is 0 Å². The van der Waals surface area contributed by atoms with Crippen molar-refractivity contribution in [2.24, 2.45) is 0 Å². The Morgan fingerprint density at radius 2 is 1.48 bits per heavy atom. The highest BCUT2D eigenvalue weighted by molar-refractivity contribution is 5.69. The highest BCUT2D eigenvalue weighted by Gasteiger charge is 2.14. The molecule has 4 aromatic carbocycles. The number of hydrogen-bond acceptors (Lipinski definition) is 6. The second-order valence-electron chi connectivity index (χ2n) is 10.2. The van der Waals surface area contributed by atoms with Crippen molar-refractivity contribution in [3.8, 4) is 28.7 Å². The number of benzene rings is 4. The molecule has 0 spiro atoms. The highest BCUT2D eigenvalue weighted by Crippen LogP contribution is 2.25. The Morgan fingerprint density at radius 1 is 0.810 bits per heavy atom. The first kappa shape index (κ1) is 28.6. The van der Waals surface area contributed by atoms with Crippen LogP contribution in [0.25, 0.3) is 11.5 Å². The van der Waals surface area contributed by atoms with Crippen LogP contribution in [0.5, 0.6) is 17.2 Å². The smallest absolute Gasteiger partial charge is 0.317 e. The first-order valence-corrected chi connectivity index (χ1v) is 13.9. The minimum Gasteiger partial charge on any atom is -0.493 e. The predicted octanol–water partition coefficient (Wildman–Crippen LogP) is 7.46. The molecule has 42 heavy (non-hydrogen) atoms. The number of aryl methyl sites for hydroxylation is 2. The molecule has 5 rings (SSSR count). The molecule has 7 heteroatoms. The molecular weight excluding hydrogens is 528 g/mol. The predicted molar refractivity (Wildman–Crippen MR) is 162 cm³/mol. The molecule has 0 fully saturated rings. The Bertz CT molecular complexity index is 1610. The molecule has 0 aliphatic heterocycles. The van der Waals surface area contributed by atoms with Crippen LogP contribution in [0.3, 0.4) is 0 Å². The van der Waals surface area contributed by atoms with Gasteiger partial charge in [-0.3, -0.25) is 9.69 Å². The summed E-state index contributed by atoms with van der Waals surface area (Å²) in [5.41, 5.74) is 4.90. The number of hydrogen-bond donors (Lipinski definition) is 1. The van der Waals surface area contributed by atoms with Crippen molar-refractivity contribution in [2.45, 2.75) is 33.4 Å². The van der Waals surface area contributed by atoms with E-state index in [0.29, 0.717) is 37.8 Å². The van der Waals surface area contributed by atoms with E-state index in [4.69, 9.17) is 13.9 Å². The van der Waals surface area contributed by atoms with Crippen LogP contribution in [-0.4, -0.2) is 34.1 Å². The maximum Gasteiger partial charge on any atom is 0.317 e. The summed E-state index contributed by atoms with van der Waals surface area (Å²) in [6, 6.07) is 33.2. The van der Waals surface area contributed by atoms with Crippen molar-refractivity contribution < 1.29 is 23.8 Å². The first-order valence-electron chi connectivity index (χ1n) is 13.9. The van der Waals surface area contributed by atoms with Gasteiger partial charge in [-0.1, -0.05) is 60.2 Å². The number of aliphatic carboxylic acids is 1. The molecule has 0 saturated carbocycles. The van der Waals surface area contributed by atoms with Gasteiger partial charge in [0, 0.05) is 25.1 Å². The van der Waals surface area contributed by atoms with Crippen LogP contribution in [0.2, 0.25) is 0 Å². The van der Waals surface area contributed by atoms with Crippen LogP contribution in [-0.2, 0) is 24.3 Å². The van der Waals surface area contributed by atoms with E-state index >= 15 is 0 Å². The molecule has 0 unspecified atom stereocenters. The Balaban J connectivity index is 1.20. The van der Waals surface area contributed by atoms with Gasteiger partial charge in [-0.25, -0.2) is 4.98 Å². The summed E-state index contributed by atoms with van der Waals surface area (Å²) in [4.78, 5) is 18.2. The van der Waals surface area contributed by atoms with Crippen molar-refractivity contribution >= 4 is 5.97 Å². The van der Waals surface area contributed by atoms with Gasteiger partial charge in [-0.05, 0) is 73.5 Å². The third kappa shape index (κ3) is 8.08. The molecule has 1 heterocycles. The zero-order chi connectivity index (χ0) is 29.3. The molecule has 0 atom stereocenters. The Labute approximate surface area is 246 Å². The minimum atomic E-state index is -0.882. The van der Waals surface area contributed by atoms with Crippen LogP contribution in [0.15, 0.2) is 108 Å². The summed E-state index contributed by atoms with van der Waals surface area (Å²) in [5.74, 6) is 2.69. The van der Waals surface area contributed by atoms with E-state index in [0.717, 1.165) is 45.2 Å². The van der Waals surface area contributed by atoms with Gasteiger partial charge in [-0.2, -0.15) is 0 Å². The summed E-state index contributed by atoms with van der Waals surface area (Å²) >= 11 is 0. The van der Waals surface area contributed by atoms with Gasteiger partial charge in [0.2, 0.25) is 5.89 Å². The Kier molecular flexibility index (Phi) is 9.31. The van der Waals surface area contributed by atoms with Crippen molar-refractivity contribution in [3.63, 3.8) is 0 Å². The summed E-state index contributed by atoms with van der Waals surface area (Å²) in [6.07, 6.45) is 0.610. The summed E-state index contributed by atoms with van der Waals surface area (Å²) in [6.45, 7) is 5.20. The lowest BCUT2D eigenvalue weighted by molar-refractivity contribution is -0.138. The fourth-order valence-corrected chi connectivity index (χ4v) is 4.69. The largest absolute Gasteiger partial charge is 0.493 e. The molecular formula is C35H34N2O5. The van der Waals surface area contributed by atoms with Crippen LogP contribution in [0.1, 0.15) is 28.1 Å². The van der Waals surface area contributed by atoms with Gasteiger partial charge in [-0.15, -0.1) is 0 Å². The standard InChI is InChI=1S/C35H34N2O5/c1-25-14-16-30(17-15-25)42-32-13-7-9-28(21-32)23-37(24-34(38)39)22-27-8-6-12-31(20-27)40-19-18-33-26(2)41-35(36-33)29-10-4-3-5-11-29/h3-17,20-21H,18-19,22-24H2,1-2H3,(H,38,39). The second kappa shape index (κ2) is 13.7. The van der Waals surface area contributed by atoms with E-state index in [1.807, 2.05) is 122 Å². The van der Waals surface area contributed by atoms with Crippen LogP contribution >= 0.6 is 0 Å². The SMILES string of the molecule is Cc1ccc(Oc2cccc(CN(CC(=O)O)Cc3cccc(OCCc4nc(-c5ccccc5)oc4C)c3)c2)cc1. The van der Waals surface area contributed by atoms with Crippen LogP contribution in [0, 0.1) is 13.8 Å². The van der Waals surface area contributed by atoms with Crippen molar-refractivity contribution in [3.05, 3.63) is 131 Å². The van der Waals surface area contributed by atoms with E-state index in [9.17, 15) is 9.90 Å². The topological polar surface area (TPSA) is 85.0 Å². The van der Waals surface area contributed by atoms with E-state index in [-0.39, 0.29) is 6.54 Å². The molecule has 214 valence electrons. The number of aromatic nitrogens is 1. The molecule has 7 nitrogen and oxygen atoms in total. The number of carboxylic acid groups (broad SMARTS) is 1. The Morgan fingerprint density at radius 3 is 2.17 bits per heavy atom. The second-order valence-corrected chi connectivity index (χ2v) is 10.2. The van der Waals surface area contributed by atoms with E-state index in [2.05, 4.69) is 4.98 Å². The molecule has 1 aromatic heterocycles. The third-order valence-electron chi connectivity index (χ3n) is 6.75. The summed E-state index contributed by atoms with van der Waals surface area (Å²) in [5, 5.41) is 9.58. The highest BCUT2D eigenvalue weighted by atomic mass is 16.5. The Hall–Kier alpha value is -4.88.